The van der Waals surface area contributed by atoms with Crippen molar-refractivity contribution in [1.82, 2.24) is 4.57 Å². The Morgan fingerprint density at radius 1 is 1.12 bits per heavy atom. The van der Waals surface area contributed by atoms with E-state index in [1.165, 1.54) is 22.8 Å². The molecule has 13 heteroatoms. The molecule has 1 aromatic heterocycles. The van der Waals surface area contributed by atoms with Gasteiger partial charge in [-0.1, -0.05) is 17.4 Å². The lowest BCUT2D eigenvalue weighted by Crippen LogP contribution is -2.40. The maximum Gasteiger partial charge on any atom is 0.338 e. The average molecular weight is 582 g/mol. The van der Waals surface area contributed by atoms with Crippen molar-refractivity contribution in [1.29, 1.82) is 0 Å². The fourth-order valence-corrected chi connectivity index (χ4v) is 5.74. The number of carbonyl (C=O) groups excluding carboxylic acids is 1. The van der Waals surface area contributed by atoms with Gasteiger partial charge in [0.1, 0.15) is 0 Å². The minimum absolute atomic E-state index is 0.0557. The van der Waals surface area contributed by atoms with Gasteiger partial charge in [-0.25, -0.2) is 9.79 Å². The summed E-state index contributed by atoms with van der Waals surface area (Å²) in [5.41, 5.74) is 0.617. The van der Waals surface area contributed by atoms with Crippen molar-refractivity contribution in [3.63, 3.8) is 0 Å². The molecule has 1 atom stereocenters. The third-order valence-corrected chi connectivity index (χ3v) is 7.39. The molecule has 3 aromatic rings. The van der Waals surface area contributed by atoms with Crippen LogP contribution < -0.4 is 33.8 Å². The van der Waals surface area contributed by atoms with Crippen molar-refractivity contribution >= 4 is 29.1 Å². The number of carbonyl (C=O) groups is 1. The van der Waals surface area contributed by atoms with Crippen molar-refractivity contribution in [3.05, 3.63) is 82.5 Å². The van der Waals surface area contributed by atoms with Gasteiger partial charge < -0.3 is 23.7 Å². The van der Waals surface area contributed by atoms with Crippen LogP contribution in [0.3, 0.4) is 0 Å². The van der Waals surface area contributed by atoms with E-state index in [0.29, 0.717) is 46.5 Å². The van der Waals surface area contributed by atoms with E-state index in [-0.39, 0.29) is 40.5 Å². The van der Waals surface area contributed by atoms with E-state index >= 15 is 0 Å². The van der Waals surface area contributed by atoms with Crippen molar-refractivity contribution in [2.24, 2.45) is 4.99 Å². The Bertz CT molecular complexity index is 1760. The maximum absolute atomic E-state index is 14.0. The van der Waals surface area contributed by atoms with Gasteiger partial charge in [-0.2, -0.15) is 0 Å². The van der Waals surface area contributed by atoms with Gasteiger partial charge in [-0.15, -0.1) is 0 Å². The number of nitro benzene ring substituents is 1. The lowest BCUT2D eigenvalue weighted by atomic mass is 9.95. The van der Waals surface area contributed by atoms with Crippen LogP contribution in [-0.4, -0.2) is 42.1 Å². The number of nitrogens with zero attached hydrogens (tertiary/aromatic N) is 3. The zero-order valence-corrected chi connectivity index (χ0v) is 23.6. The highest BCUT2D eigenvalue weighted by Gasteiger charge is 2.34. The smallest absolute Gasteiger partial charge is 0.338 e. The number of fused-ring (bicyclic) bond motifs is 2. The summed E-state index contributed by atoms with van der Waals surface area (Å²) in [7, 11) is 0. The van der Waals surface area contributed by atoms with Crippen molar-refractivity contribution in [2.45, 2.75) is 33.7 Å². The van der Waals surface area contributed by atoms with Crippen LogP contribution >= 0.6 is 11.3 Å². The summed E-state index contributed by atoms with van der Waals surface area (Å²) >= 11 is 1.06. The zero-order valence-electron chi connectivity index (χ0n) is 22.8. The molecule has 0 bridgehead atoms. The van der Waals surface area contributed by atoms with Gasteiger partial charge >= 0.3 is 5.97 Å². The Kier molecular flexibility index (Phi) is 7.79. The van der Waals surface area contributed by atoms with Gasteiger partial charge in [0.15, 0.2) is 27.8 Å². The maximum atomic E-state index is 14.0. The molecule has 0 amide bonds. The molecule has 0 spiro atoms. The highest BCUT2D eigenvalue weighted by molar-refractivity contribution is 7.07. The molecule has 2 aromatic carbocycles. The third kappa shape index (κ3) is 5.15. The second kappa shape index (κ2) is 11.5. The van der Waals surface area contributed by atoms with Gasteiger partial charge in [-0.05, 0) is 57.5 Å². The molecule has 41 heavy (non-hydrogen) atoms. The van der Waals surface area contributed by atoms with Crippen LogP contribution in [0.15, 0.2) is 51.4 Å². The molecule has 0 aliphatic carbocycles. The summed E-state index contributed by atoms with van der Waals surface area (Å²) in [4.78, 5) is 43.3. The monoisotopic (exact) mass is 581 g/mol. The van der Waals surface area contributed by atoms with E-state index in [0.717, 1.165) is 11.3 Å². The SMILES string of the molecule is CCOC(=O)C1=C(C)N=c2s/c(=C\c3cc4c(cc3[N+](=O)[O-])OCO4)c(=O)n2[C@@H]1c1ccc(OCC)c(OCC)c1. The average Bonchev–Trinajstić information content (AvgIpc) is 3.52. The highest BCUT2D eigenvalue weighted by Crippen LogP contribution is 2.39. The molecule has 12 nitrogen and oxygen atoms in total. The van der Waals surface area contributed by atoms with E-state index in [1.54, 1.807) is 32.0 Å². The minimum Gasteiger partial charge on any atom is -0.490 e. The highest BCUT2D eigenvalue weighted by atomic mass is 32.1. The van der Waals surface area contributed by atoms with Crippen LogP contribution in [0.5, 0.6) is 23.0 Å². The van der Waals surface area contributed by atoms with Gasteiger partial charge in [0, 0.05) is 0 Å². The molecular weight excluding hydrogens is 554 g/mol. The third-order valence-electron chi connectivity index (χ3n) is 6.41. The summed E-state index contributed by atoms with van der Waals surface area (Å²) < 4.78 is 29.1. The van der Waals surface area contributed by atoms with Crippen molar-refractivity contribution in [3.8, 4) is 23.0 Å². The summed E-state index contributed by atoms with van der Waals surface area (Å²) in [6, 6.07) is 7.06. The van der Waals surface area contributed by atoms with Crippen LogP contribution in [0.25, 0.3) is 6.08 Å². The molecule has 0 N–H and O–H groups in total. The second-order valence-corrected chi connectivity index (χ2v) is 9.90. The second-order valence-electron chi connectivity index (χ2n) is 8.90. The first-order valence-electron chi connectivity index (χ1n) is 12.9. The molecule has 2 aliphatic heterocycles. The first-order chi connectivity index (χ1) is 19.8. The van der Waals surface area contributed by atoms with E-state index in [2.05, 4.69) is 4.99 Å². The molecule has 0 fully saturated rings. The number of ether oxygens (including phenoxy) is 5. The molecule has 5 rings (SSSR count). The molecule has 2 aliphatic rings. The number of hydrogen-bond donors (Lipinski definition) is 0. The molecule has 0 saturated carbocycles. The summed E-state index contributed by atoms with van der Waals surface area (Å²) in [5.74, 6) is 0.976. The van der Waals surface area contributed by atoms with Gasteiger partial charge in [0.05, 0.1) is 58.2 Å². The molecule has 0 unspecified atom stereocenters. The summed E-state index contributed by atoms with van der Waals surface area (Å²) in [5, 5.41) is 11.8. The molecular formula is C28H27N3O9S. The number of rotatable bonds is 9. The zero-order chi connectivity index (χ0) is 29.3. The molecule has 0 radical (unpaired) electrons. The van der Waals surface area contributed by atoms with E-state index in [9.17, 15) is 19.7 Å². The minimum atomic E-state index is -0.894. The van der Waals surface area contributed by atoms with E-state index in [1.807, 2.05) is 13.8 Å². The number of thiazole rings is 1. The largest absolute Gasteiger partial charge is 0.490 e. The predicted molar refractivity (Wildman–Crippen MR) is 148 cm³/mol. The number of benzene rings is 2. The molecule has 0 saturated heterocycles. The number of esters is 1. The van der Waals surface area contributed by atoms with Crippen LogP contribution in [0.4, 0.5) is 5.69 Å². The Hall–Kier alpha value is -4.65. The normalized spacial score (nSPS) is 15.8. The quantitative estimate of drug-likeness (QED) is 0.212. The fraction of sp³-hybridized carbons (Fsp3) is 0.321. The number of hydrogen-bond acceptors (Lipinski definition) is 11. The van der Waals surface area contributed by atoms with Gasteiger partial charge in [-0.3, -0.25) is 19.5 Å². The summed E-state index contributed by atoms with van der Waals surface area (Å²) in [6.07, 6.45) is 1.42. The fourth-order valence-electron chi connectivity index (χ4n) is 4.71. The predicted octanol–water partition coefficient (Wildman–Crippen LogP) is 3.23. The van der Waals surface area contributed by atoms with E-state index in [4.69, 9.17) is 23.7 Å². The van der Waals surface area contributed by atoms with Gasteiger partial charge in [0.2, 0.25) is 6.79 Å². The first-order valence-corrected chi connectivity index (χ1v) is 13.8. The van der Waals surface area contributed by atoms with Crippen LogP contribution in [0, 0.1) is 10.1 Å². The van der Waals surface area contributed by atoms with Crippen LogP contribution in [0.2, 0.25) is 0 Å². The Labute approximate surface area is 237 Å². The standard InChI is InChI=1S/C28H27N3O9S/c1-5-36-19-9-8-16(10-20(19)37-6-2)25-24(27(33)38-7-3)15(4)29-28-30(25)26(32)23(41-28)12-17-11-21-22(40-14-39-21)13-18(17)31(34)35/h8-13,25H,5-7,14H2,1-4H3/b23-12-/t25-/m1/s1. The van der Waals surface area contributed by atoms with E-state index < -0.39 is 22.5 Å². The molecule has 214 valence electrons. The lowest BCUT2D eigenvalue weighted by Gasteiger charge is -2.25. The van der Waals surface area contributed by atoms with Crippen molar-refractivity contribution < 1.29 is 33.4 Å². The lowest BCUT2D eigenvalue weighted by molar-refractivity contribution is -0.385. The number of allylic oxidation sites excluding steroid dienone is 1. The van der Waals surface area contributed by atoms with Gasteiger partial charge in [0.25, 0.3) is 11.2 Å². The Balaban J connectivity index is 1.73. The molecule has 3 heterocycles. The van der Waals surface area contributed by atoms with Crippen molar-refractivity contribution in [2.75, 3.05) is 26.6 Å². The van der Waals surface area contributed by atoms with Crippen LogP contribution in [0.1, 0.15) is 44.9 Å². The topological polar surface area (TPSA) is 141 Å². The number of nitro groups is 1. The Morgan fingerprint density at radius 2 is 1.83 bits per heavy atom. The number of aromatic nitrogens is 1. The Morgan fingerprint density at radius 3 is 2.51 bits per heavy atom. The summed E-state index contributed by atoms with van der Waals surface area (Å²) in [6.45, 7) is 7.95. The first kappa shape index (κ1) is 27.9. The van der Waals surface area contributed by atoms with Crippen LogP contribution in [-0.2, 0) is 9.53 Å².